The maximum Gasteiger partial charge on any atom is 0.248 e. The fourth-order valence-electron chi connectivity index (χ4n) is 1.48. The minimum atomic E-state index is -0.433. The third-order valence-corrected chi connectivity index (χ3v) is 2.21. The molecule has 2 N–H and O–H groups in total. The van der Waals surface area contributed by atoms with Crippen molar-refractivity contribution in [2.24, 2.45) is 5.73 Å². The summed E-state index contributed by atoms with van der Waals surface area (Å²) >= 11 is 0. The summed E-state index contributed by atoms with van der Waals surface area (Å²) in [5.41, 5.74) is 6.61. The van der Waals surface area contributed by atoms with Crippen molar-refractivity contribution in [1.29, 1.82) is 0 Å². The number of carbonyl (C=O) groups is 1. The Morgan fingerprint density at radius 3 is 3.07 bits per heavy atom. The second-order valence-electron chi connectivity index (χ2n) is 3.20. The third-order valence-electron chi connectivity index (χ3n) is 2.21. The molecule has 14 heavy (non-hydrogen) atoms. The lowest BCUT2D eigenvalue weighted by Gasteiger charge is -2.10. The maximum absolute atomic E-state index is 11.0. The average Bonchev–Trinajstić information content (AvgIpc) is 2.39. The van der Waals surface area contributed by atoms with Crippen LogP contribution in [0.5, 0.6) is 0 Å². The number of carbonyl (C=O) groups excluding carboxylic acids is 1. The number of ether oxygens (including phenoxy) is 1. The van der Waals surface area contributed by atoms with Gasteiger partial charge in [0, 0.05) is 17.6 Å². The lowest BCUT2D eigenvalue weighted by molar-refractivity contribution is -0.114. The first-order valence-corrected chi connectivity index (χ1v) is 4.52. The molecule has 72 valence electrons. The first-order valence-electron chi connectivity index (χ1n) is 4.52. The Hall–Kier alpha value is -1.77. The molecule has 0 fully saturated rings. The number of primary amides is 1. The van der Waals surface area contributed by atoms with Crippen LogP contribution in [0.15, 0.2) is 47.5 Å². The summed E-state index contributed by atoms with van der Waals surface area (Å²) < 4.78 is 5.38. The van der Waals surface area contributed by atoms with Crippen LogP contribution < -0.4 is 5.73 Å². The molecule has 2 rings (SSSR count). The molecule has 0 aromatic rings. The van der Waals surface area contributed by atoms with Crippen LogP contribution >= 0.6 is 0 Å². The van der Waals surface area contributed by atoms with E-state index in [9.17, 15) is 4.79 Å². The Bertz CT molecular complexity index is 386. The zero-order valence-corrected chi connectivity index (χ0v) is 7.69. The molecule has 0 unspecified atom stereocenters. The average molecular weight is 189 g/mol. The zero-order valence-electron chi connectivity index (χ0n) is 7.69. The van der Waals surface area contributed by atoms with E-state index in [0.29, 0.717) is 5.57 Å². The van der Waals surface area contributed by atoms with Crippen molar-refractivity contribution >= 4 is 5.91 Å². The predicted molar refractivity (Wildman–Crippen MR) is 52.9 cm³/mol. The van der Waals surface area contributed by atoms with Crippen molar-refractivity contribution in [2.45, 2.75) is 12.8 Å². The molecule has 1 aliphatic heterocycles. The molecule has 0 atom stereocenters. The standard InChI is InChI=1S/C11H11NO2/c12-11(13)9-5-6-14-10-4-2-1-3-8(10)7-9/h1,3,5-7H,2,4H2,(H2,12,13). The van der Waals surface area contributed by atoms with Gasteiger partial charge < -0.3 is 10.5 Å². The molecule has 1 amide bonds. The second kappa shape index (κ2) is 3.54. The lowest BCUT2D eigenvalue weighted by atomic mass is 10.0. The number of nitrogens with two attached hydrogens (primary N) is 1. The van der Waals surface area contributed by atoms with Crippen LogP contribution in [0, 0.1) is 0 Å². The Morgan fingerprint density at radius 1 is 1.43 bits per heavy atom. The molecule has 0 radical (unpaired) electrons. The summed E-state index contributed by atoms with van der Waals surface area (Å²) in [7, 11) is 0. The Kier molecular flexibility index (Phi) is 2.23. The minimum absolute atomic E-state index is 0.433. The smallest absolute Gasteiger partial charge is 0.248 e. The Labute approximate surface area is 82.2 Å². The molecule has 1 aliphatic carbocycles. The van der Waals surface area contributed by atoms with Gasteiger partial charge in [0.2, 0.25) is 5.91 Å². The fourth-order valence-corrected chi connectivity index (χ4v) is 1.48. The summed E-state index contributed by atoms with van der Waals surface area (Å²) in [5.74, 6) is 0.470. The van der Waals surface area contributed by atoms with Crippen LogP contribution in [0.3, 0.4) is 0 Å². The van der Waals surface area contributed by atoms with Crippen molar-refractivity contribution in [2.75, 3.05) is 0 Å². The van der Waals surface area contributed by atoms with Crippen LogP contribution in [-0.2, 0) is 9.53 Å². The van der Waals surface area contributed by atoms with Gasteiger partial charge in [-0.15, -0.1) is 0 Å². The van der Waals surface area contributed by atoms with Crippen LogP contribution in [0.1, 0.15) is 12.8 Å². The quantitative estimate of drug-likeness (QED) is 0.680. The number of rotatable bonds is 1. The van der Waals surface area contributed by atoms with Gasteiger partial charge >= 0.3 is 0 Å². The van der Waals surface area contributed by atoms with E-state index < -0.39 is 5.91 Å². The first-order chi connectivity index (χ1) is 6.77. The van der Waals surface area contributed by atoms with Gasteiger partial charge in [0.15, 0.2) is 0 Å². The van der Waals surface area contributed by atoms with Crippen LogP contribution in [-0.4, -0.2) is 5.91 Å². The SMILES string of the molecule is NC(=O)C1=CC2=C(CCC=C2)OC=C1. The highest BCUT2D eigenvalue weighted by Gasteiger charge is 2.12. The summed E-state index contributed by atoms with van der Waals surface area (Å²) in [4.78, 5) is 11.0. The van der Waals surface area contributed by atoms with Crippen LogP contribution in [0.25, 0.3) is 0 Å². The van der Waals surface area contributed by atoms with Crippen LogP contribution in [0.2, 0.25) is 0 Å². The topological polar surface area (TPSA) is 52.3 Å². The Morgan fingerprint density at radius 2 is 2.29 bits per heavy atom. The van der Waals surface area contributed by atoms with E-state index in [-0.39, 0.29) is 0 Å². The predicted octanol–water partition coefficient (Wildman–Crippen LogP) is 1.55. The summed E-state index contributed by atoms with van der Waals surface area (Å²) in [6, 6.07) is 0. The number of hydrogen-bond donors (Lipinski definition) is 1. The van der Waals surface area contributed by atoms with E-state index in [2.05, 4.69) is 6.08 Å². The van der Waals surface area contributed by atoms with Gasteiger partial charge in [0.25, 0.3) is 0 Å². The van der Waals surface area contributed by atoms with E-state index in [1.807, 2.05) is 6.08 Å². The maximum atomic E-state index is 11.0. The molecule has 3 nitrogen and oxygen atoms in total. The number of allylic oxidation sites excluding steroid dienone is 5. The van der Waals surface area contributed by atoms with Crippen molar-refractivity contribution in [3.8, 4) is 0 Å². The van der Waals surface area contributed by atoms with E-state index in [0.717, 1.165) is 24.2 Å². The molecule has 0 bridgehead atoms. The van der Waals surface area contributed by atoms with Crippen LogP contribution in [0.4, 0.5) is 0 Å². The Balaban J connectivity index is 2.40. The molecule has 0 aromatic heterocycles. The lowest BCUT2D eigenvalue weighted by Crippen LogP contribution is -2.12. The first kappa shape index (κ1) is 8.81. The van der Waals surface area contributed by atoms with E-state index in [1.165, 1.54) is 6.26 Å². The molecule has 0 saturated heterocycles. The fraction of sp³-hybridized carbons (Fsp3) is 0.182. The molecule has 0 spiro atoms. The molecular formula is C11H11NO2. The molecular weight excluding hydrogens is 178 g/mol. The van der Waals surface area contributed by atoms with Gasteiger partial charge in [-0.2, -0.15) is 0 Å². The molecule has 2 aliphatic rings. The molecule has 0 saturated carbocycles. The highest BCUT2D eigenvalue weighted by Crippen LogP contribution is 2.24. The summed E-state index contributed by atoms with van der Waals surface area (Å²) in [6.45, 7) is 0. The number of amides is 1. The molecule has 1 heterocycles. The van der Waals surface area contributed by atoms with E-state index in [1.54, 1.807) is 12.2 Å². The largest absolute Gasteiger partial charge is 0.469 e. The zero-order chi connectivity index (χ0) is 9.97. The van der Waals surface area contributed by atoms with Crippen molar-refractivity contribution in [3.63, 3.8) is 0 Å². The third kappa shape index (κ3) is 1.62. The van der Waals surface area contributed by atoms with Gasteiger partial charge in [-0.25, -0.2) is 0 Å². The highest BCUT2D eigenvalue weighted by atomic mass is 16.5. The summed E-state index contributed by atoms with van der Waals surface area (Å²) in [5, 5.41) is 0. The van der Waals surface area contributed by atoms with E-state index in [4.69, 9.17) is 10.5 Å². The monoisotopic (exact) mass is 189 g/mol. The molecule has 0 aromatic carbocycles. The van der Waals surface area contributed by atoms with Crippen molar-refractivity contribution in [1.82, 2.24) is 0 Å². The van der Waals surface area contributed by atoms with Gasteiger partial charge in [-0.1, -0.05) is 12.2 Å². The second-order valence-corrected chi connectivity index (χ2v) is 3.20. The van der Waals surface area contributed by atoms with Crippen molar-refractivity contribution < 1.29 is 9.53 Å². The van der Waals surface area contributed by atoms with Gasteiger partial charge in [0.05, 0.1) is 6.26 Å². The summed E-state index contributed by atoms with van der Waals surface area (Å²) in [6.07, 6.45) is 10.7. The highest BCUT2D eigenvalue weighted by molar-refractivity contribution is 5.95. The molecule has 3 heteroatoms. The van der Waals surface area contributed by atoms with Crippen molar-refractivity contribution in [3.05, 3.63) is 47.5 Å². The van der Waals surface area contributed by atoms with Gasteiger partial charge in [-0.3, -0.25) is 4.79 Å². The van der Waals surface area contributed by atoms with Gasteiger partial charge in [0.1, 0.15) is 5.76 Å². The van der Waals surface area contributed by atoms with E-state index >= 15 is 0 Å². The minimum Gasteiger partial charge on any atom is -0.469 e. The normalized spacial score (nSPS) is 19.6. The number of hydrogen-bond acceptors (Lipinski definition) is 2. The van der Waals surface area contributed by atoms with Gasteiger partial charge in [-0.05, 0) is 18.6 Å².